The van der Waals surface area contributed by atoms with E-state index >= 15 is 0 Å². The van der Waals surface area contributed by atoms with Crippen molar-refractivity contribution < 1.29 is 14.3 Å². The van der Waals surface area contributed by atoms with Gasteiger partial charge >= 0.3 is 12.0 Å². The first-order valence-electron chi connectivity index (χ1n) is 9.97. The number of nitrogens with one attached hydrogen (secondary N) is 2. The topological polar surface area (TPSA) is 111 Å². The summed E-state index contributed by atoms with van der Waals surface area (Å²) in [6.07, 6.45) is 3.79. The number of ether oxygens (including phenoxy) is 1. The molecule has 1 atom stereocenters. The summed E-state index contributed by atoms with van der Waals surface area (Å²) in [4.78, 5) is 33.4. The molecule has 0 spiro atoms. The number of fused-ring (bicyclic) bond motifs is 1. The zero-order valence-corrected chi connectivity index (χ0v) is 18.0. The largest absolute Gasteiger partial charge is 0.463 e. The van der Waals surface area contributed by atoms with E-state index in [0.29, 0.717) is 34.1 Å². The molecule has 0 radical (unpaired) electrons. The maximum atomic E-state index is 12.5. The minimum atomic E-state index is -0.429. The molecule has 0 saturated carbocycles. The van der Waals surface area contributed by atoms with Crippen molar-refractivity contribution in [2.24, 2.45) is 0 Å². The summed E-state index contributed by atoms with van der Waals surface area (Å²) >= 11 is 1.41. The van der Waals surface area contributed by atoms with Gasteiger partial charge in [0.2, 0.25) is 0 Å². The van der Waals surface area contributed by atoms with Gasteiger partial charge in [0, 0.05) is 11.4 Å². The molecule has 0 aliphatic carbocycles. The molecule has 4 rings (SSSR count). The predicted molar refractivity (Wildman–Crippen MR) is 117 cm³/mol. The Morgan fingerprint density at radius 1 is 1.23 bits per heavy atom. The quantitative estimate of drug-likeness (QED) is 0.331. The molecule has 0 saturated heterocycles. The van der Waals surface area contributed by atoms with E-state index in [9.17, 15) is 9.59 Å². The molecule has 9 nitrogen and oxygen atoms in total. The summed E-state index contributed by atoms with van der Waals surface area (Å²) in [7, 11) is 0. The fraction of sp³-hybridized carbons (Fsp3) is 0.286. The summed E-state index contributed by atoms with van der Waals surface area (Å²) in [5.74, 6) is -0.0806. The molecule has 0 fully saturated rings. The Balaban J connectivity index is 1.65. The molecular formula is C21H22N6O3S. The number of benzene rings is 1. The number of carbonyl (C=O) groups excluding carboxylic acids is 2. The van der Waals surface area contributed by atoms with Crippen LogP contribution in [0.2, 0.25) is 0 Å². The van der Waals surface area contributed by atoms with Crippen LogP contribution in [-0.4, -0.2) is 50.2 Å². The summed E-state index contributed by atoms with van der Waals surface area (Å²) in [5.41, 5.74) is 2.56. The highest BCUT2D eigenvalue weighted by Crippen LogP contribution is 2.29. The lowest BCUT2D eigenvalue weighted by Gasteiger charge is -2.28. The van der Waals surface area contributed by atoms with Crippen molar-refractivity contribution >= 4 is 34.8 Å². The fourth-order valence-electron chi connectivity index (χ4n) is 3.41. The molecule has 2 N–H and O–H groups in total. The van der Waals surface area contributed by atoms with Gasteiger partial charge in [0.1, 0.15) is 11.4 Å². The Hall–Kier alpha value is -3.40. The van der Waals surface area contributed by atoms with Gasteiger partial charge in [-0.1, -0.05) is 36.9 Å². The van der Waals surface area contributed by atoms with E-state index in [2.05, 4.69) is 25.7 Å². The van der Waals surface area contributed by atoms with Crippen LogP contribution in [0.5, 0.6) is 0 Å². The molecule has 1 aromatic carbocycles. The number of urea groups is 1. The van der Waals surface area contributed by atoms with Gasteiger partial charge in [-0.25, -0.2) is 24.2 Å². The summed E-state index contributed by atoms with van der Waals surface area (Å²) in [5, 5.41) is 11.5. The molecule has 3 heterocycles. The number of hydrogen-bond donors (Lipinski definition) is 2. The third kappa shape index (κ3) is 4.24. The van der Waals surface area contributed by atoms with Gasteiger partial charge in [0.05, 0.1) is 35.5 Å². The molecular weight excluding hydrogens is 416 g/mol. The highest BCUT2D eigenvalue weighted by atomic mass is 32.2. The van der Waals surface area contributed by atoms with Gasteiger partial charge < -0.3 is 15.4 Å². The molecule has 1 aliphatic heterocycles. The molecule has 0 bridgehead atoms. The number of hydrogen-bond acceptors (Lipinski definition) is 7. The van der Waals surface area contributed by atoms with Crippen molar-refractivity contribution in [1.82, 2.24) is 30.4 Å². The van der Waals surface area contributed by atoms with E-state index in [1.807, 2.05) is 37.3 Å². The van der Waals surface area contributed by atoms with E-state index in [4.69, 9.17) is 4.74 Å². The van der Waals surface area contributed by atoms with E-state index in [0.717, 1.165) is 11.1 Å². The van der Waals surface area contributed by atoms with Crippen LogP contribution in [0.15, 0.2) is 59.2 Å². The molecule has 1 aliphatic rings. The van der Waals surface area contributed by atoms with Crippen molar-refractivity contribution in [1.29, 1.82) is 0 Å². The lowest BCUT2D eigenvalue weighted by Crippen LogP contribution is -2.50. The van der Waals surface area contributed by atoms with Gasteiger partial charge in [-0.15, -0.1) is 0 Å². The minimum Gasteiger partial charge on any atom is -0.463 e. The Morgan fingerprint density at radius 3 is 2.77 bits per heavy atom. The predicted octanol–water partition coefficient (Wildman–Crippen LogP) is 2.82. The highest BCUT2D eigenvalue weighted by molar-refractivity contribution is 7.99. The highest BCUT2D eigenvalue weighted by Gasteiger charge is 2.31. The lowest BCUT2D eigenvalue weighted by molar-refractivity contribution is -0.139. The SMILES string of the molecule is CCOC(=O)C1=C(CSc2ncnc3c2cnn3-c2ccccc2)NC(=O)NC1CC. The molecule has 10 heteroatoms. The summed E-state index contributed by atoms with van der Waals surface area (Å²) < 4.78 is 6.97. The average Bonchev–Trinajstić information content (AvgIpc) is 3.22. The minimum absolute atomic E-state index is 0.262. The monoisotopic (exact) mass is 438 g/mol. The van der Waals surface area contributed by atoms with E-state index in [1.165, 1.54) is 18.1 Å². The van der Waals surface area contributed by atoms with Gasteiger partial charge in [-0.3, -0.25) is 0 Å². The van der Waals surface area contributed by atoms with Gasteiger partial charge in [0.25, 0.3) is 0 Å². The van der Waals surface area contributed by atoms with Crippen LogP contribution < -0.4 is 10.6 Å². The first kappa shape index (κ1) is 20.9. The maximum absolute atomic E-state index is 12.5. The van der Waals surface area contributed by atoms with Crippen LogP contribution in [0.1, 0.15) is 20.3 Å². The average molecular weight is 439 g/mol. The summed E-state index contributed by atoms with van der Waals surface area (Å²) in [6, 6.07) is 8.99. The zero-order chi connectivity index (χ0) is 21.8. The molecule has 31 heavy (non-hydrogen) atoms. The van der Waals surface area contributed by atoms with Gasteiger partial charge in [0.15, 0.2) is 5.65 Å². The second kappa shape index (κ2) is 9.17. The Morgan fingerprint density at radius 2 is 2.03 bits per heavy atom. The zero-order valence-electron chi connectivity index (χ0n) is 17.2. The van der Waals surface area contributed by atoms with Crippen molar-refractivity contribution in [2.75, 3.05) is 12.4 Å². The van der Waals surface area contributed by atoms with Gasteiger partial charge in [-0.2, -0.15) is 5.10 Å². The smallest absolute Gasteiger partial charge is 0.337 e. The van der Waals surface area contributed by atoms with E-state index in [-0.39, 0.29) is 12.6 Å². The molecule has 2 aromatic heterocycles. The molecule has 3 aromatic rings. The van der Waals surface area contributed by atoms with Crippen molar-refractivity contribution in [3.63, 3.8) is 0 Å². The number of aromatic nitrogens is 4. The number of nitrogens with zero attached hydrogens (tertiary/aromatic N) is 4. The van der Waals surface area contributed by atoms with Crippen molar-refractivity contribution in [3.8, 4) is 5.69 Å². The third-order valence-electron chi connectivity index (χ3n) is 4.83. The van der Waals surface area contributed by atoms with Crippen LogP contribution in [0.25, 0.3) is 16.7 Å². The maximum Gasteiger partial charge on any atom is 0.337 e. The van der Waals surface area contributed by atoms with Gasteiger partial charge in [-0.05, 0) is 25.5 Å². The number of amides is 2. The third-order valence-corrected chi connectivity index (χ3v) is 5.86. The van der Waals surface area contributed by atoms with Crippen LogP contribution in [0, 0.1) is 0 Å². The van der Waals surface area contributed by atoms with Crippen LogP contribution in [-0.2, 0) is 9.53 Å². The first-order chi connectivity index (χ1) is 15.1. The fourth-order valence-corrected chi connectivity index (χ4v) is 4.34. The van der Waals surface area contributed by atoms with Crippen molar-refractivity contribution in [2.45, 2.75) is 31.3 Å². The molecule has 160 valence electrons. The Bertz CT molecular complexity index is 1140. The summed E-state index contributed by atoms with van der Waals surface area (Å²) in [6.45, 7) is 3.93. The second-order valence-electron chi connectivity index (χ2n) is 6.77. The molecule has 1 unspecified atom stereocenters. The lowest BCUT2D eigenvalue weighted by atomic mass is 10.0. The number of esters is 1. The number of para-hydroxylation sites is 1. The van der Waals surface area contributed by atoms with Crippen molar-refractivity contribution in [3.05, 3.63) is 54.1 Å². The van der Waals surface area contributed by atoms with Crippen LogP contribution >= 0.6 is 11.8 Å². The second-order valence-corrected chi connectivity index (χ2v) is 7.73. The van der Waals surface area contributed by atoms with Crippen LogP contribution in [0.3, 0.4) is 0 Å². The first-order valence-corrected chi connectivity index (χ1v) is 11.0. The normalized spacial score (nSPS) is 16.2. The van der Waals surface area contributed by atoms with E-state index in [1.54, 1.807) is 17.8 Å². The number of thioether (sulfide) groups is 1. The van der Waals surface area contributed by atoms with Crippen LogP contribution in [0.4, 0.5) is 4.79 Å². The standard InChI is InChI=1S/C21H22N6O3S/c1-3-15-17(20(28)30-4-2)16(26-21(29)25-15)11-31-19-14-10-24-27(18(14)22-12-23-19)13-8-6-5-7-9-13/h5-10,12,15H,3-4,11H2,1-2H3,(H2,25,26,29). The Kier molecular flexibility index (Phi) is 6.17. The number of carbonyl (C=O) groups is 2. The Labute approximate surface area is 183 Å². The number of rotatable bonds is 7. The molecule has 2 amide bonds. The van der Waals surface area contributed by atoms with E-state index < -0.39 is 12.0 Å².